The van der Waals surface area contributed by atoms with Gasteiger partial charge in [0.2, 0.25) is 5.95 Å². The van der Waals surface area contributed by atoms with E-state index in [9.17, 15) is 5.26 Å². The number of nitrogens with zero attached hydrogens (tertiary/aromatic N) is 11. The summed E-state index contributed by atoms with van der Waals surface area (Å²) in [5.41, 5.74) is 3.53. The van der Waals surface area contributed by atoms with Crippen LogP contribution in [-0.2, 0) is 17.9 Å². The molecule has 4 aromatic heterocycles. The summed E-state index contributed by atoms with van der Waals surface area (Å²) in [5, 5.41) is 29.2. The maximum Gasteiger partial charge on any atom is 0.257 e. The average Bonchev–Trinajstić information content (AvgIpc) is 3.89. The van der Waals surface area contributed by atoms with Crippen molar-refractivity contribution in [1.29, 1.82) is 5.26 Å². The van der Waals surface area contributed by atoms with Crippen LogP contribution in [0.1, 0.15) is 62.7 Å². The molecule has 0 radical (unpaired) electrons. The minimum Gasteiger partial charge on any atom is -0.487 e. The Hall–Kier alpha value is -5.46. The lowest BCUT2D eigenvalue weighted by atomic mass is 9.89. The van der Waals surface area contributed by atoms with E-state index in [1.54, 1.807) is 29.3 Å². The van der Waals surface area contributed by atoms with E-state index in [0.29, 0.717) is 53.5 Å². The molecule has 51 heavy (non-hydrogen) atoms. The van der Waals surface area contributed by atoms with E-state index in [1.165, 1.54) is 19.2 Å². The highest BCUT2D eigenvalue weighted by Gasteiger charge is 2.42. The number of pyridine rings is 1. The normalized spacial score (nSPS) is 22.3. The van der Waals surface area contributed by atoms with E-state index >= 15 is 0 Å². The Morgan fingerprint density at radius 1 is 0.961 bits per heavy atom. The number of aromatic nitrogens is 9. The van der Waals surface area contributed by atoms with E-state index < -0.39 is 0 Å². The fourth-order valence-corrected chi connectivity index (χ4v) is 7.59. The van der Waals surface area contributed by atoms with Crippen LogP contribution < -0.4 is 14.8 Å². The third-order valence-electron chi connectivity index (χ3n) is 10.0. The van der Waals surface area contributed by atoms with Crippen molar-refractivity contribution in [3.63, 3.8) is 0 Å². The van der Waals surface area contributed by atoms with Gasteiger partial charge in [0.25, 0.3) is 5.88 Å². The second-order valence-corrected chi connectivity index (χ2v) is 13.5. The minimum atomic E-state index is -0.274. The molecule has 0 spiro atoms. The molecule has 1 saturated carbocycles. The first-order chi connectivity index (χ1) is 25.1. The van der Waals surface area contributed by atoms with Crippen LogP contribution in [0, 0.1) is 11.3 Å². The van der Waals surface area contributed by atoms with E-state index in [0.717, 1.165) is 55.7 Å². The van der Waals surface area contributed by atoms with Crippen molar-refractivity contribution in [3.8, 4) is 28.8 Å². The van der Waals surface area contributed by atoms with Gasteiger partial charge in [-0.15, -0.1) is 10.2 Å². The Morgan fingerprint density at radius 2 is 1.75 bits per heavy atom. The summed E-state index contributed by atoms with van der Waals surface area (Å²) in [4.78, 5) is 16.4. The second-order valence-electron chi connectivity index (χ2n) is 13.5. The fourth-order valence-electron chi connectivity index (χ4n) is 7.59. The van der Waals surface area contributed by atoms with Gasteiger partial charge < -0.3 is 19.5 Å². The highest BCUT2D eigenvalue weighted by molar-refractivity contribution is 5.67. The predicted octanol–water partition coefficient (Wildman–Crippen LogP) is 4.73. The van der Waals surface area contributed by atoms with Crippen LogP contribution in [0.4, 0.5) is 11.6 Å². The first-order valence-electron chi connectivity index (χ1n) is 17.6. The molecule has 1 N–H and O–H groups in total. The van der Waals surface area contributed by atoms with Crippen molar-refractivity contribution >= 4 is 11.6 Å². The van der Waals surface area contributed by atoms with Gasteiger partial charge in [-0.05, 0) is 85.7 Å². The molecule has 2 aliphatic heterocycles. The van der Waals surface area contributed by atoms with Gasteiger partial charge in [0.1, 0.15) is 36.5 Å². The zero-order valence-electron chi connectivity index (χ0n) is 28.5. The maximum atomic E-state index is 9.70. The molecule has 1 unspecified atom stereocenters. The predicted molar refractivity (Wildman–Crippen MR) is 185 cm³/mol. The largest absolute Gasteiger partial charge is 0.487 e. The van der Waals surface area contributed by atoms with E-state index in [2.05, 4.69) is 46.8 Å². The molecule has 5 aromatic rings. The third kappa shape index (κ3) is 7.38. The number of ether oxygens (including phenoxy) is 3. The van der Waals surface area contributed by atoms with Crippen molar-refractivity contribution in [2.75, 3.05) is 18.5 Å². The quantitative estimate of drug-likeness (QED) is 0.191. The van der Waals surface area contributed by atoms with Gasteiger partial charge in [0, 0.05) is 42.3 Å². The number of hydrogen-bond donors (Lipinski definition) is 1. The number of morpholine rings is 1. The zero-order chi connectivity index (χ0) is 34.6. The van der Waals surface area contributed by atoms with Gasteiger partial charge >= 0.3 is 0 Å². The van der Waals surface area contributed by atoms with Gasteiger partial charge in [-0.1, -0.05) is 12.1 Å². The zero-order valence-corrected chi connectivity index (χ0v) is 28.5. The molecule has 15 nitrogen and oxygen atoms in total. The third-order valence-corrected chi connectivity index (χ3v) is 10.0. The lowest BCUT2D eigenvalue weighted by molar-refractivity contribution is -0.0458. The standard InChI is InChI=1S/C36H40N12O3/c1-24(18-46-23-41-44-45-46)51-34-14-25(5-6-26(34)15-37)27-16-39-36(40-17-27)42-33-19-47(43-35(33)50-20-28-4-2-3-13-38-28)29-7-9-30(10-8-29)48-31-11-12-32(48)22-49-21-31/h2-6,13-14,16-17,19,23-24,29-32H,7-12,18,20-22H2,1H3,(H,39,40,42)/t24?,29?,30?,31-,32+. The van der Waals surface area contributed by atoms with E-state index in [-0.39, 0.29) is 18.8 Å². The van der Waals surface area contributed by atoms with Crippen LogP contribution in [0.3, 0.4) is 0 Å². The van der Waals surface area contributed by atoms with Gasteiger partial charge in [0.15, 0.2) is 0 Å². The molecular formula is C36H40N12O3. The molecule has 3 fully saturated rings. The number of benzene rings is 1. The van der Waals surface area contributed by atoms with Crippen LogP contribution in [0.25, 0.3) is 11.1 Å². The number of rotatable bonds is 12. The Morgan fingerprint density at radius 3 is 2.47 bits per heavy atom. The van der Waals surface area contributed by atoms with Crippen molar-refractivity contribution in [2.24, 2.45) is 0 Å². The second kappa shape index (κ2) is 14.8. The van der Waals surface area contributed by atoms with Crippen LogP contribution >= 0.6 is 0 Å². The number of hydrogen-bond acceptors (Lipinski definition) is 13. The minimum absolute atomic E-state index is 0.274. The first kappa shape index (κ1) is 32.7. The number of tetrazole rings is 1. The molecule has 2 saturated heterocycles. The summed E-state index contributed by atoms with van der Waals surface area (Å²) in [6.45, 7) is 4.37. The van der Waals surface area contributed by atoms with Gasteiger partial charge in [-0.25, -0.2) is 14.6 Å². The van der Waals surface area contributed by atoms with Crippen LogP contribution in [0.5, 0.6) is 11.6 Å². The van der Waals surface area contributed by atoms with Gasteiger partial charge in [-0.2, -0.15) is 5.26 Å². The number of nitrogens with one attached hydrogen (secondary N) is 1. The SMILES string of the molecule is CC(Cn1cnnn1)Oc1cc(-c2cnc(Nc3cn(C4CCC(N5[C@@H]6CC[C@H]5COC6)CC4)nc3OCc3ccccn3)nc2)ccc1C#N. The highest BCUT2D eigenvalue weighted by atomic mass is 16.5. The molecule has 8 rings (SSSR count). The van der Waals surface area contributed by atoms with Gasteiger partial charge in [0.05, 0.1) is 43.3 Å². The molecule has 3 aliphatic rings. The lowest BCUT2D eigenvalue weighted by Crippen LogP contribution is -2.52. The Kier molecular flexibility index (Phi) is 9.50. The van der Waals surface area contributed by atoms with Crippen LogP contribution in [-0.4, -0.2) is 87.3 Å². The lowest BCUT2D eigenvalue weighted by Gasteiger charge is -2.43. The summed E-state index contributed by atoms with van der Waals surface area (Å²) >= 11 is 0. The summed E-state index contributed by atoms with van der Waals surface area (Å²) in [6.07, 6.45) is 15.4. The van der Waals surface area contributed by atoms with Crippen LogP contribution in [0.2, 0.25) is 0 Å². The molecule has 15 heteroatoms. The molecular weight excluding hydrogens is 648 g/mol. The molecule has 0 amide bonds. The monoisotopic (exact) mass is 688 g/mol. The number of nitriles is 1. The summed E-state index contributed by atoms with van der Waals surface area (Å²) in [6, 6.07) is 15.4. The Labute approximate surface area is 295 Å². The Balaban J connectivity index is 0.968. The Bertz CT molecular complexity index is 1920. The topological polar surface area (TPSA) is 167 Å². The van der Waals surface area contributed by atoms with E-state index in [1.807, 2.05) is 48.1 Å². The molecule has 1 aromatic carbocycles. The first-order valence-corrected chi connectivity index (χ1v) is 17.6. The molecule has 1 aliphatic carbocycles. The van der Waals surface area contributed by atoms with Crippen LogP contribution in [0.15, 0.2) is 67.5 Å². The van der Waals surface area contributed by atoms with Crippen molar-refractivity contribution in [1.82, 2.24) is 49.8 Å². The molecule has 3 atom stereocenters. The highest BCUT2D eigenvalue weighted by Crippen LogP contribution is 2.39. The summed E-state index contributed by atoms with van der Waals surface area (Å²) in [7, 11) is 0. The molecule has 2 bridgehead atoms. The smallest absolute Gasteiger partial charge is 0.257 e. The maximum absolute atomic E-state index is 9.70. The molecule has 262 valence electrons. The van der Waals surface area contributed by atoms with Crippen molar-refractivity contribution < 1.29 is 14.2 Å². The summed E-state index contributed by atoms with van der Waals surface area (Å²) in [5.74, 6) is 1.35. The summed E-state index contributed by atoms with van der Waals surface area (Å²) < 4.78 is 21.8. The van der Waals surface area contributed by atoms with Gasteiger partial charge in [-0.3, -0.25) is 14.6 Å². The van der Waals surface area contributed by atoms with Crippen molar-refractivity contribution in [3.05, 3.63) is 78.8 Å². The van der Waals surface area contributed by atoms with Crippen molar-refractivity contribution in [2.45, 2.75) is 88.9 Å². The molecule has 6 heterocycles. The number of anilines is 2. The van der Waals surface area contributed by atoms with E-state index in [4.69, 9.17) is 19.3 Å². The number of fused-ring (bicyclic) bond motifs is 2. The average molecular weight is 689 g/mol. The fraction of sp³-hybridized carbons (Fsp3) is 0.444.